The number of benzene rings is 1. The molecule has 0 saturated carbocycles. The van der Waals surface area contributed by atoms with Gasteiger partial charge in [-0.2, -0.15) is 0 Å². The molecule has 3 heteroatoms. The SMILES string of the molecule is CCNC(c1nc(C(C)(C)C)cs1)c1ccccc1C. The number of hydrogen-bond acceptors (Lipinski definition) is 3. The van der Waals surface area contributed by atoms with Crippen LogP contribution >= 0.6 is 11.3 Å². The summed E-state index contributed by atoms with van der Waals surface area (Å²) >= 11 is 1.75. The van der Waals surface area contributed by atoms with Crippen LogP contribution in [0.4, 0.5) is 0 Å². The summed E-state index contributed by atoms with van der Waals surface area (Å²) < 4.78 is 0. The maximum atomic E-state index is 4.87. The van der Waals surface area contributed by atoms with Gasteiger partial charge in [0.05, 0.1) is 11.7 Å². The largest absolute Gasteiger partial charge is 0.305 e. The summed E-state index contributed by atoms with van der Waals surface area (Å²) in [6, 6.07) is 8.75. The Morgan fingerprint density at radius 2 is 1.95 bits per heavy atom. The van der Waals surface area contributed by atoms with Crippen molar-refractivity contribution in [2.24, 2.45) is 0 Å². The second-order valence-electron chi connectivity index (χ2n) is 6.17. The lowest BCUT2D eigenvalue weighted by Crippen LogP contribution is -2.23. The Hall–Kier alpha value is -1.19. The van der Waals surface area contributed by atoms with E-state index in [1.807, 2.05) is 0 Å². The molecule has 0 aliphatic carbocycles. The number of thiazole rings is 1. The van der Waals surface area contributed by atoms with Crippen LogP contribution in [0.5, 0.6) is 0 Å². The van der Waals surface area contributed by atoms with Crippen LogP contribution in [0.3, 0.4) is 0 Å². The molecule has 2 nitrogen and oxygen atoms in total. The minimum Gasteiger partial charge on any atom is -0.305 e. The zero-order valence-corrected chi connectivity index (χ0v) is 13.8. The van der Waals surface area contributed by atoms with Crippen LogP contribution in [-0.2, 0) is 5.41 Å². The third-order valence-corrected chi connectivity index (χ3v) is 4.35. The molecule has 0 amide bonds. The van der Waals surface area contributed by atoms with Gasteiger partial charge in [0.25, 0.3) is 0 Å². The zero-order chi connectivity index (χ0) is 14.8. The Kier molecular flexibility index (Phi) is 4.61. The van der Waals surface area contributed by atoms with Crippen molar-refractivity contribution in [1.29, 1.82) is 0 Å². The summed E-state index contributed by atoms with van der Waals surface area (Å²) in [7, 11) is 0. The molecule has 0 bridgehead atoms. The van der Waals surface area contributed by atoms with Crippen LogP contribution in [-0.4, -0.2) is 11.5 Å². The molecule has 108 valence electrons. The molecule has 0 spiro atoms. The molecular weight excluding hydrogens is 264 g/mol. The van der Waals surface area contributed by atoms with E-state index in [0.29, 0.717) is 0 Å². The van der Waals surface area contributed by atoms with Crippen molar-refractivity contribution in [2.45, 2.75) is 46.1 Å². The topological polar surface area (TPSA) is 24.9 Å². The smallest absolute Gasteiger partial charge is 0.114 e. The molecule has 1 atom stereocenters. The lowest BCUT2D eigenvalue weighted by molar-refractivity contribution is 0.562. The molecule has 1 N–H and O–H groups in total. The van der Waals surface area contributed by atoms with Crippen molar-refractivity contribution in [3.8, 4) is 0 Å². The van der Waals surface area contributed by atoms with Gasteiger partial charge in [-0.25, -0.2) is 4.98 Å². The number of aromatic nitrogens is 1. The second-order valence-corrected chi connectivity index (χ2v) is 7.06. The summed E-state index contributed by atoms with van der Waals surface area (Å²) in [6.07, 6.45) is 0. The van der Waals surface area contributed by atoms with E-state index >= 15 is 0 Å². The maximum Gasteiger partial charge on any atom is 0.114 e. The van der Waals surface area contributed by atoms with Crippen LogP contribution < -0.4 is 5.32 Å². The molecule has 0 saturated heterocycles. The third-order valence-electron chi connectivity index (χ3n) is 3.45. The highest BCUT2D eigenvalue weighted by Crippen LogP contribution is 2.31. The summed E-state index contributed by atoms with van der Waals surface area (Å²) in [6.45, 7) is 11.9. The average Bonchev–Trinajstić information content (AvgIpc) is 2.86. The maximum absolute atomic E-state index is 4.87. The fraction of sp³-hybridized carbons (Fsp3) is 0.471. The van der Waals surface area contributed by atoms with E-state index in [1.54, 1.807) is 11.3 Å². The van der Waals surface area contributed by atoms with Gasteiger partial charge in [-0.3, -0.25) is 0 Å². The number of nitrogens with one attached hydrogen (secondary N) is 1. The Labute approximate surface area is 126 Å². The Morgan fingerprint density at radius 3 is 2.50 bits per heavy atom. The first-order chi connectivity index (χ1) is 9.43. The van der Waals surface area contributed by atoms with Crippen LogP contribution in [0.1, 0.15) is 55.6 Å². The zero-order valence-electron chi connectivity index (χ0n) is 13.0. The van der Waals surface area contributed by atoms with E-state index in [-0.39, 0.29) is 11.5 Å². The van der Waals surface area contributed by atoms with Crippen molar-refractivity contribution < 1.29 is 0 Å². The molecule has 20 heavy (non-hydrogen) atoms. The van der Waals surface area contributed by atoms with E-state index in [0.717, 1.165) is 11.6 Å². The molecular formula is C17H24N2S. The second kappa shape index (κ2) is 6.06. The number of hydrogen-bond donors (Lipinski definition) is 1. The monoisotopic (exact) mass is 288 g/mol. The first kappa shape index (κ1) is 15.2. The number of nitrogens with zero attached hydrogens (tertiary/aromatic N) is 1. The fourth-order valence-electron chi connectivity index (χ4n) is 2.21. The van der Waals surface area contributed by atoms with Crippen molar-refractivity contribution in [1.82, 2.24) is 10.3 Å². The standard InChI is InChI=1S/C17H24N2S/c1-6-18-15(13-10-8-7-9-12(13)2)16-19-14(11-20-16)17(3,4)5/h7-11,15,18H,6H2,1-5H3. The molecule has 1 heterocycles. The van der Waals surface area contributed by atoms with E-state index in [4.69, 9.17) is 4.98 Å². The van der Waals surface area contributed by atoms with Crippen molar-refractivity contribution in [3.63, 3.8) is 0 Å². The van der Waals surface area contributed by atoms with E-state index in [1.165, 1.54) is 16.8 Å². The molecule has 0 aliphatic heterocycles. The van der Waals surface area contributed by atoms with Crippen LogP contribution in [0, 0.1) is 6.92 Å². The first-order valence-corrected chi connectivity index (χ1v) is 8.06. The van der Waals surface area contributed by atoms with Crippen molar-refractivity contribution in [3.05, 3.63) is 51.5 Å². The van der Waals surface area contributed by atoms with Gasteiger partial charge in [0.2, 0.25) is 0 Å². The Morgan fingerprint density at radius 1 is 1.25 bits per heavy atom. The van der Waals surface area contributed by atoms with Gasteiger partial charge < -0.3 is 5.32 Å². The molecule has 2 aromatic rings. The predicted octanol–water partition coefficient (Wildman–Crippen LogP) is 4.45. The van der Waals surface area contributed by atoms with Crippen LogP contribution in [0.25, 0.3) is 0 Å². The Bertz CT molecular complexity index is 566. The van der Waals surface area contributed by atoms with Crippen molar-refractivity contribution in [2.75, 3.05) is 6.54 Å². The lowest BCUT2D eigenvalue weighted by Gasteiger charge is -2.19. The molecule has 0 radical (unpaired) electrons. The first-order valence-electron chi connectivity index (χ1n) is 7.18. The molecule has 1 unspecified atom stereocenters. The van der Waals surface area contributed by atoms with Gasteiger partial charge >= 0.3 is 0 Å². The quantitative estimate of drug-likeness (QED) is 0.899. The van der Waals surface area contributed by atoms with Crippen LogP contribution in [0.15, 0.2) is 29.6 Å². The molecule has 0 aliphatic rings. The van der Waals surface area contributed by atoms with Gasteiger partial charge in [-0.1, -0.05) is 52.0 Å². The fourth-order valence-corrected chi connectivity index (χ4v) is 3.35. The molecule has 0 fully saturated rings. The van der Waals surface area contributed by atoms with Crippen LogP contribution in [0.2, 0.25) is 0 Å². The van der Waals surface area contributed by atoms with Gasteiger partial charge in [-0.15, -0.1) is 11.3 Å². The summed E-state index contributed by atoms with van der Waals surface area (Å²) in [5.74, 6) is 0. The predicted molar refractivity (Wildman–Crippen MR) is 87.5 cm³/mol. The van der Waals surface area contributed by atoms with Crippen molar-refractivity contribution >= 4 is 11.3 Å². The van der Waals surface area contributed by atoms with E-state index in [9.17, 15) is 0 Å². The minimum atomic E-state index is 0.108. The van der Waals surface area contributed by atoms with E-state index < -0.39 is 0 Å². The van der Waals surface area contributed by atoms with Gasteiger partial charge in [0, 0.05) is 10.8 Å². The average molecular weight is 288 g/mol. The lowest BCUT2D eigenvalue weighted by atomic mass is 9.93. The highest BCUT2D eigenvalue weighted by Gasteiger charge is 2.22. The molecule has 1 aromatic carbocycles. The normalized spacial score (nSPS) is 13.4. The highest BCUT2D eigenvalue weighted by molar-refractivity contribution is 7.09. The third kappa shape index (κ3) is 3.28. The summed E-state index contributed by atoms with van der Waals surface area (Å²) in [5.41, 5.74) is 3.92. The number of rotatable bonds is 4. The highest BCUT2D eigenvalue weighted by atomic mass is 32.1. The molecule has 2 rings (SSSR count). The van der Waals surface area contributed by atoms with Gasteiger partial charge in [0.15, 0.2) is 0 Å². The van der Waals surface area contributed by atoms with Gasteiger partial charge in [-0.05, 0) is 24.6 Å². The summed E-state index contributed by atoms with van der Waals surface area (Å²) in [4.78, 5) is 4.87. The number of aryl methyl sites for hydroxylation is 1. The summed E-state index contributed by atoms with van der Waals surface area (Å²) in [5, 5.41) is 6.92. The van der Waals surface area contributed by atoms with Gasteiger partial charge in [0.1, 0.15) is 5.01 Å². The minimum absolute atomic E-state index is 0.108. The molecule has 1 aromatic heterocycles. The van der Waals surface area contributed by atoms with E-state index in [2.05, 4.69) is 69.6 Å². The Balaban J connectivity index is 2.39.